The Morgan fingerprint density at radius 1 is 1.00 bits per heavy atom. The Morgan fingerprint density at radius 2 is 1.80 bits per heavy atom. The Morgan fingerprint density at radius 3 is 2.56 bits per heavy atom. The van der Waals surface area contributed by atoms with Crippen molar-refractivity contribution < 1.29 is 33.3 Å². The van der Waals surface area contributed by atoms with E-state index in [1.165, 1.54) is 4.90 Å². The summed E-state index contributed by atoms with van der Waals surface area (Å²) >= 11 is 0. The van der Waals surface area contributed by atoms with Gasteiger partial charge in [0, 0.05) is 32.1 Å². The maximum Gasteiger partial charge on any atom is 0.237 e. The van der Waals surface area contributed by atoms with Crippen LogP contribution in [0.25, 0.3) is 0 Å². The van der Waals surface area contributed by atoms with E-state index < -0.39 is 5.92 Å². The number of allylic oxidation sites excluding steroid dienone is 2. The van der Waals surface area contributed by atoms with Crippen LogP contribution in [0.5, 0.6) is 5.75 Å². The highest BCUT2D eigenvalue weighted by molar-refractivity contribution is 6.06. The Balaban J connectivity index is 1.18. The third-order valence-electron chi connectivity index (χ3n) is 7.95. The number of ether oxygens (including phenoxy) is 5. The molecule has 0 unspecified atom stereocenters. The lowest BCUT2D eigenvalue weighted by molar-refractivity contribution is -0.140. The van der Waals surface area contributed by atoms with Gasteiger partial charge in [-0.25, -0.2) is 0 Å². The van der Waals surface area contributed by atoms with Crippen LogP contribution < -0.4 is 4.74 Å². The molecule has 8 heteroatoms. The summed E-state index contributed by atoms with van der Waals surface area (Å²) in [6, 6.07) is 17.5. The van der Waals surface area contributed by atoms with Gasteiger partial charge in [-0.2, -0.15) is 0 Å². The molecule has 2 aromatic carbocycles. The minimum absolute atomic E-state index is 0.0999. The molecule has 2 amide bonds. The number of hydrogen-bond donors (Lipinski definition) is 0. The van der Waals surface area contributed by atoms with Crippen LogP contribution in [0.15, 0.2) is 78.1 Å². The van der Waals surface area contributed by atoms with Gasteiger partial charge >= 0.3 is 0 Å². The van der Waals surface area contributed by atoms with Crippen LogP contribution in [0.3, 0.4) is 0 Å². The van der Waals surface area contributed by atoms with Crippen molar-refractivity contribution in [1.82, 2.24) is 4.90 Å². The van der Waals surface area contributed by atoms with Gasteiger partial charge in [0.1, 0.15) is 18.6 Å². The van der Waals surface area contributed by atoms with E-state index >= 15 is 0 Å². The molecule has 8 nitrogen and oxygen atoms in total. The van der Waals surface area contributed by atoms with Gasteiger partial charge in [0.25, 0.3) is 0 Å². The average molecular weight is 562 g/mol. The van der Waals surface area contributed by atoms with Crippen molar-refractivity contribution in [3.8, 4) is 5.75 Å². The number of hydrogen-bond acceptors (Lipinski definition) is 7. The second-order valence-corrected chi connectivity index (χ2v) is 10.7. The van der Waals surface area contributed by atoms with E-state index in [0.29, 0.717) is 32.5 Å². The van der Waals surface area contributed by atoms with Gasteiger partial charge in [-0.15, -0.1) is 0 Å². The van der Waals surface area contributed by atoms with Crippen LogP contribution in [-0.4, -0.2) is 56.5 Å². The summed E-state index contributed by atoms with van der Waals surface area (Å²) in [7, 11) is 3.24. The lowest BCUT2D eigenvalue weighted by Gasteiger charge is -2.38. The number of unbranched alkanes of at least 4 members (excludes halogenated alkanes) is 1. The van der Waals surface area contributed by atoms with Gasteiger partial charge in [-0.05, 0) is 48.6 Å². The number of methoxy groups -OCH3 is 2. The molecular weight excluding hydrogens is 522 g/mol. The fraction of sp³-hybridized carbons (Fsp3) is 0.455. The fourth-order valence-corrected chi connectivity index (χ4v) is 5.92. The quantitative estimate of drug-likeness (QED) is 0.144. The second-order valence-electron chi connectivity index (χ2n) is 10.7. The largest absolute Gasteiger partial charge is 0.497 e. The monoisotopic (exact) mass is 561 g/mol. The van der Waals surface area contributed by atoms with Crippen LogP contribution in [0.2, 0.25) is 0 Å². The predicted octanol–water partition coefficient (Wildman–Crippen LogP) is 5.18. The highest BCUT2D eigenvalue weighted by Gasteiger charge is 2.54. The minimum atomic E-state index is -0.537. The first kappa shape index (κ1) is 29.0. The van der Waals surface area contributed by atoms with Crippen LogP contribution in [-0.2, 0) is 41.7 Å². The van der Waals surface area contributed by atoms with Crippen LogP contribution in [0, 0.1) is 11.8 Å². The van der Waals surface area contributed by atoms with Gasteiger partial charge in [0.2, 0.25) is 11.8 Å². The third kappa shape index (κ3) is 6.89. The van der Waals surface area contributed by atoms with E-state index in [1.807, 2.05) is 54.6 Å². The van der Waals surface area contributed by atoms with Crippen LogP contribution in [0.1, 0.15) is 43.2 Å². The van der Waals surface area contributed by atoms with E-state index in [2.05, 4.69) is 12.2 Å². The van der Waals surface area contributed by atoms with E-state index in [4.69, 9.17) is 23.7 Å². The molecule has 0 aromatic heterocycles. The maximum atomic E-state index is 13.6. The molecule has 3 aliphatic rings. The number of imide groups is 1. The van der Waals surface area contributed by atoms with Crippen molar-refractivity contribution in [2.45, 2.75) is 57.5 Å². The summed E-state index contributed by atoms with van der Waals surface area (Å²) in [5.41, 5.74) is 2.87. The fourth-order valence-electron chi connectivity index (χ4n) is 5.92. The molecule has 41 heavy (non-hydrogen) atoms. The summed E-state index contributed by atoms with van der Waals surface area (Å²) in [6.07, 6.45) is 7.23. The summed E-state index contributed by atoms with van der Waals surface area (Å²) < 4.78 is 28.7. The molecule has 0 spiro atoms. The number of rotatable bonds is 13. The van der Waals surface area contributed by atoms with Crippen molar-refractivity contribution in [2.75, 3.05) is 27.6 Å². The molecule has 0 bridgehead atoms. The van der Waals surface area contributed by atoms with Crippen molar-refractivity contribution >= 4 is 11.8 Å². The Hall–Kier alpha value is -3.46. The first-order chi connectivity index (χ1) is 20.1. The van der Waals surface area contributed by atoms with Crippen molar-refractivity contribution in [2.24, 2.45) is 11.8 Å². The Bertz CT molecular complexity index is 1240. The highest BCUT2D eigenvalue weighted by atomic mass is 16.7. The number of benzene rings is 2. The Labute approximate surface area is 241 Å². The topological polar surface area (TPSA) is 83.5 Å². The first-order valence-electron chi connectivity index (χ1n) is 14.4. The highest BCUT2D eigenvalue weighted by Crippen LogP contribution is 2.47. The standard InChI is InChI=1S/C33H39NO7/c1-37-22-40-29-19-26(11-7-4-8-18-39-21-24-12-14-25(38-2)15-13-24)41-28-17-16-27-30(31(28)29)33(36)34(32(27)35)20-23-9-5-3-6-10-23/h3,5-7,9-15,26-27,29-30H,4,8,16-22H2,1-2H3/b11-7+/t26-,27-,29+,30-/m1/s1. The Kier molecular flexibility index (Phi) is 9.88. The molecule has 0 saturated carbocycles. The molecular formula is C33H39NO7. The molecule has 0 radical (unpaired) electrons. The predicted molar refractivity (Wildman–Crippen MR) is 153 cm³/mol. The van der Waals surface area contributed by atoms with Crippen molar-refractivity contribution in [1.29, 1.82) is 0 Å². The number of carbonyl (C=O) groups is 2. The van der Waals surface area contributed by atoms with Crippen molar-refractivity contribution in [3.05, 3.63) is 89.2 Å². The molecule has 0 N–H and O–H groups in total. The van der Waals surface area contributed by atoms with Crippen molar-refractivity contribution in [3.63, 3.8) is 0 Å². The third-order valence-corrected chi connectivity index (χ3v) is 7.95. The average Bonchev–Trinajstić information content (AvgIpc) is 3.24. The zero-order valence-corrected chi connectivity index (χ0v) is 23.8. The summed E-state index contributed by atoms with van der Waals surface area (Å²) in [6.45, 7) is 1.63. The molecule has 5 rings (SSSR count). The lowest BCUT2D eigenvalue weighted by Crippen LogP contribution is -2.40. The second kappa shape index (κ2) is 13.9. The maximum absolute atomic E-state index is 13.6. The molecule has 2 aromatic rings. The number of fused-ring (bicyclic) bond motifs is 2. The SMILES string of the molecule is COCO[C@H]1C[C@@H](/C=C/CCCOCc2ccc(OC)cc2)OC2=C1[C@@H]1C(=O)N(Cc3ccccc3)C(=O)[C@@H]1CC2. The minimum Gasteiger partial charge on any atom is -0.497 e. The van der Waals surface area contributed by atoms with Gasteiger partial charge in [0.05, 0.1) is 44.0 Å². The molecule has 2 heterocycles. The van der Waals surface area contributed by atoms with Gasteiger partial charge in [0.15, 0.2) is 0 Å². The number of carbonyl (C=O) groups excluding carboxylic acids is 2. The molecule has 1 fully saturated rings. The van der Waals surface area contributed by atoms with Crippen LogP contribution >= 0.6 is 0 Å². The number of nitrogens with zero attached hydrogens (tertiary/aromatic N) is 1. The molecule has 2 aliphatic heterocycles. The number of amides is 2. The van der Waals surface area contributed by atoms with Crippen LogP contribution in [0.4, 0.5) is 0 Å². The van der Waals surface area contributed by atoms with E-state index in [9.17, 15) is 9.59 Å². The summed E-state index contributed by atoms with van der Waals surface area (Å²) in [4.78, 5) is 28.4. The molecule has 4 atom stereocenters. The normalized spacial score (nSPS) is 24.0. The molecule has 218 valence electrons. The molecule has 1 saturated heterocycles. The summed E-state index contributed by atoms with van der Waals surface area (Å²) in [5.74, 6) is 0.463. The number of likely N-dealkylation sites (tertiary alicyclic amines) is 1. The van der Waals surface area contributed by atoms with Gasteiger partial charge in [-0.1, -0.05) is 48.5 Å². The zero-order chi connectivity index (χ0) is 28.6. The zero-order valence-electron chi connectivity index (χ0n) is 23.8. The van der Waals surface area contributed by atoms with Gasteiger partial charge in [-0.3, -0.25) is 14.5 Å². The van der Waals surface area contributed by atoms with Gasteiger partial charge < -0.3 is 23.7 Å². The smallest absolute Gasteiger partial charge is 0.237 e. The van der Waals surface area contributed by atoms with E-state index in [-0.39, 0.29) is 43.3 Å². The lowest BCUT2D eigenvalue weighted by atomic mass is 9.75. The van der Waals surface area contributed by atoms with E-state index in [0.717, 1.165) is 41.1 Å². The summed E-state index contributed by atoms with van der Waals surface area (Å²) in [5, 5.41) is 0. The van der Waals surface area contributed by atoms with E-state index in [1.54, 1.807) is 14.2 Å². The first-order valence-corrected chi connectivity index (χ1v) is 14.4. The molecule has 1 aliphatic carbocycles.